The fourth-order valence-electron chi connectivity index (χ4n) is 1.73. The Morgan fingerprint density at radius 2 is 1.96 bits per heavy atom. The second-order valence-electron chi connectivity index (χ2n) is 5.21. The molecule has 1 rings (SSSR count). The molecule has 1 aromatic rings. The third kappa shape index (κ3) is 9.78. The van der Waals surface area contributed by atoms with Crippen LogP contribution in [0, 0.1) is 11.8 Å². The SMILES string of the molecule is COC(=O)COC[C@H](O)[C@H](O)/C=C/C=C/C#Cc1ccccc1OC(F)(F)F. The molecule has 0 saturated heterocycles. The smallest absolute Gasteiger partial charge is 0.467 e. The molecule has 0 fully saturated rings. The molecule has 0 aromatic heterocycles. The number of ether oxygens (including phenoxy) is 3. The van der Waals surface area contributed by atoms with Crippen LogP contribution in [0.3, 0.4) is 0 Å². The number of methoxy groups -OCH3 is 1. The van der Waals surface area contributed by atoms with Gasteiger partial charge in [-0.2, -0.15) is 0 Å². The van der Waals surface area contributed by atoms with Crippen LogP contribution < -0.4 is 4.74 Å². The van der Waals surface area contributed by atoms with Crippen LogP contribution in [0.5, 0.6) is 5.75 Å². The van der Waals surface area contributed by atoms with E-state index in [2.05, 4.69) is 21.3 Å². The number of esters is 1. The summed E-state index contributed by atoms with van der Waals surface area (Å²) in [4.78, 5) is 10.8. The first-order valence-electron chi connectivity index (χ1n) is 7.93. The number of rotatable bonds is 8. The van der Waals surface area contributed by atoms with Gasteiger partial charge in [0.15, 0.2) is 0 Å². The van der Waals surface area contributed by atoms with Crippen molar-refractivity contribution in [3.8, 4) is 17.6 Å². The Balaban J connectivity index is 2.53. The van der Waals surface area contributed by atoms with Gasteiger partial charge in [0, 0.05) is 0 Å². The van der Waals surface area contributed by atoms with E-state index in [0.717, 1.165) is 6.07 Å². The van der Waals surface area contributed by atoms with Crippen LogP contribution in [0.1, 0.15) is 5.56 Å². The van der Waals surface area contributed by atoms with Crippen molar-refractivity contribution < 1.29 is 42.4 Å². The van der Waals surface area contributed by atoms with E-state index >= 15 is 0 Å². The lowest BCUT2D eigenvalue weighted by atomic mass is 10.2. The van der Waals surface area contributed by atoms with E-state index in [1.165, 1.54) is 49.6 Å². The molecule has 0 aliphatic heterocycles. The molecule has 28 heavy (non-hydrogen) atoms. The Morgan fingerprint density at radius 1 is 1.25 bits per heavy atom. The maximum Gasteiger partial charge on any atom is 0.573 e. The molecule has 6 nitrogen and oxygen atoms in total. The topological polar surface area (TPSA) is 85.2 Å². The summed E-state index contributed by atoms with van der Waals surface area (Å²) in [6.45, 7) is -0.626. The first-order valence-corrected chi connectivity index (χ1v) is 7.93. The zero-order valence-corrected chi connectivity index (χ0v) is 14.8. The maximum absolute atomic E-state index is 12.3. The largest absolute Gasteiger partial charge is 0.573 e. The predicted molar refractivity (Wildman–Crippen MR) is 93.1 cm³/mol. The number of aliphatic hydroxyl groups is 2. The molecule has 1 aromatic carbocycles. The summed E-state index contributed by atoms with van der Waals surface area (Å²) < 4.78 is 50.0. The lowest BCUT2D eigenvalue weighted by Crippen LogP contribution is -2.30. The molecular formula is C19H19F3O6. The van der Waals surface area contributed by atoms with Gasteiger partial charge in [0.1, 0.15) is 24.6 Å². The van der Waals surface area contributed by atoms with Crippen LogP contribution >= 0.6 is 0 Å². The van der Waals surface area contributed by atoms with Crippen LogP contribution in [0.4, 0.5) is 13.2 Å². The predicted octanol–water partition coefficient (Wildman–Crippen LogP) is 1.96. The molecule has 0 spiro atoms. The molecule has 0 radical (unpaired) electrons. The molecule has 0 bridgehead atoms. The normalized spacial score (nSPS) is 13.8. The zero-order valence-electron chi connectivity index (χ0n) is 14.8. The summed E-state index contributed by atoms with van der Waals surface area (Å²) in [5.41, 5.74) is 0.0617. The monoisotopic (exact) mass is 400 g/mol. The van der Waals surface area contributed by atoms with E-state index in [-0.39, 0.29) is 18.8 Å². The van der Waals surface area contributed by atoms with E-state index in [1.54, 1.807) is 0 Å². The third-order valence-electron chi connectivity index (χ3n) is 3.05. The minimum absolute atomic E-state index is 0.0617. The number of halogens is 3. The molecule has 2 atom stereocenters. The zero-order chi connectivity index (χ0) is 21.0. The molecule has 0 saturated carbocycles. The van der Waals surface area contributed by atoms with Crippen molar-refractivity contribution in [1.82, 2.24) is 0 Å². The standard InChI is InChI=1S/C19H19F3O6/c1-26-18(25)13-27-12-16(24)15(23)10-5-3-2-4-8-14-9-6-7-11-17(14)28-19(20,21)22/h2-3,5-7,9-11,15-16,23-24H,12-13H2,1H3/b3-2+,10-5+/t15-,16+/m1/s1. The Morgan fingerprint density at radius 3 is 2.64 bits per heavy atom. The summed E-state index contributed by atoms with van der Waals surface area (Å²) >= 11 is 0. The lowest BCUT2D eigenvalue weighted by Gasteiger charge is -2.13. The summed E-state index contributed by atoms with van der Waals surface area (Å²) in [5.74, 6) is 4.04. The number of carbonyl (C=O) groups excluding carboxylic acids is 1. The number of hydrogen-bond acceptors (Lipinski definition) is 6. The fourth-order valence-corrected chi connectivity index (χ4v) is 1.73. The summed E-state index contributed by atoms with van der Waals surface area (Å²) in [6, 6.07) is 5.45. The van der Waals surface area contributed by atoms with Crippen LogP contribution in [-0.4, -0.2) is 55.1 Å². The second-order valence-corrected chi connectivity index (χ2v) is 5.21. The van der Waals surface area contributed by atoms with Crippen molar-refractivity contribution in [2.75, 3.05) is 20.3 Å². The Kier molecular flexibility index (Phi) is 9.81. The van der Waals surface area contributed by atoms with Crippen molar-refractivity contribution in [1.29, 1.82) is 0 Å². The first kappa shape index (κ1) is 23.2. The second kappa shape index (κ2) is 11.8. The summed E-state index contributed by atoms with van der Waals surface area (Å²) in [7, 11) is 1.19. The number of carbonyl (C=O) groups is 1. The molecular weight excluding hydrogens is 381 g/mol. The van der Waals surface area contributed by atoms with Gasteiger partial charge >= 0.3 is 12.3 Å². The quantitative estimate of drug-likeness (QED) is 0.394. The number of para-hydroxylation sites is 1. The van der Waals surface area contributed by atoms with Crippen molar-refractivity contribution in [3.05, 3.63) is 54.1 Å². The summed E-state index contributed by atoms with van der Waals surface area (Å²) in [5, 5.41) is 19.3. The highest BCUT2D eigenvalue weighted by Gasteiger charge is 2.31. The average molecular weight is 400 g/mol. The van der Waals surface area contributed by atoms with Crippen molar-refractivity contribution in [3.63, 3.8) is 0 Å². The van der Waals surface area contributed by atoms with Gasteiger partial charge in [0.05, 0.1) is 19.3 Å². The van der Waals surface area contributed by atoms with Gasteiger partial charge in [-0.1, -0.05) is 42.2 Å². The van der Waals surface area contributed by atoms with Gasteiger partial charge in [-0.25, -0.2) is 4.79 Å². The highest BCUT2D eigenvalue weighted by atomic mass is 19.4. The van der Waals surface area contributed by atoms with Gasteiger partial charge < -0.3 is 24.4 Å². The highest BCUT2D eigenvalue weighted by molar-refractivity contribution is 5.70. The minimum Gasteiger partial charge on any atom is -0.467 e. The average Bonchev–Trinajstić information content (AvgIpc) is 2.64. The van der Waals surface area contributed by atoms with Crippen LogP contribution in [0.25, 0.3) is 0 Å². The van der Waals surface area contributed by atoms with Crippen LogP contribution in [0.15, 0.2) is 48.6 Å². The molecule has 0 aliphatic rings. The van der Waals surface area contributed by atoms with E-state index < -0.39 is 30.3 Å². The number of alkyl halides is 3. The molecule has 9 heteroatoms. The van der Waals surface area contributed by atoms with E-state index in [1.807, 2.05) is 0 Å². The van der Waals surface area contributed by atoms with Crippen LogP contribution in [-0.2, 0) is 14.3 Å². The number of benzene rings is 1. The van der Waals surface area contributed by atoms with Gasteiger partial charge in [-0.3, -0.25) is 0 Å². The minimum atomic E-state index is -4.81. The Bertz CT molecular complexity index is 746. The molecule has 2 N–H and O–H groups in total. The molecule has 0 unspecified atom stereocenters. The number of aliphatic hydroxyl groups excluding tert-OH is 2. The molecule has 0 amide bonds. The maximum atomic E-state index is 12.3. The van der Waals surface area contributed by atoms with Crippen molar-refractivity contribution in [2.24, 2.45) is 0 Å². The Hall–Kier alpha value is -2.80. The lowest BCUT2D eigenvalue weighted by molar-refractivity contribution is -0.274. The Labute approximate surface area is 159 Å². The van der Waals surface area contributed by atoms with Gasteiger partial charge in [0.2, 0.25) is 0 Å². The fraction of sp³-hybridized carbons (Fsp3) is 0.316. The highest BCUT2D eigenvalue weighted by Crippen LogP contribution is 2.25. The van der Waals surface area contributed by atoms with Gasteiger partial charge in [-0.05, 0) is 18.2 Å². The molecule has 0 heterocycles. The van der Waals surface area contributed by atoms with Gasteiger partial charge in [-0.15, -0.1) is 13.2 Å². The first-order chi connectivity index (χ1) is 13.2. The van der Waals surface area contributed by atoms with E-state index in [9.17, 15) is 28.2 Å². The summed E-state index contributed by atoms with van der Waals surface area (Å²) in [6.07, 6.45) is -1.91. The third-order valence-corrected chi connectivity index (χ3v) is 3.05. The van der Waals surface area contributed by atoms with E-state index in [0.29, 0.717) is 0 Å². The van der Waals surface area contributed by atoms with E-state index in [4.69, 9.17) is 4.74 Å². The molecule has 152 valence electrons. The number of hydrogen-bond donors (Lipinski definition) is 2. The van der Waals surface area contributed by atoms with Gasteiger partial charge in [0.25, 0.3) is 0 Å². The van der Waals surface area contributed by atoms with Crippen molar-refractivity contribution in [2.45, 2.75) is 18.6 Å². The van der Waals surface area contributed by atoms with Crippen molar-refractivity contribution >= 4 is 5.97 Å². The molecule has 0 aliphatic carbocycles. The van der Waals surface area contributed by atoms with Crippen LogP contribution in [0.2, 0.25) is 0 Å². The number of allylic oxidation sites excluding steroid dienone is 3.